The zero-order valence-electron chi connectivity index (χ0n) is 12.1. The van der Waals surface area contributed by atoms with Gasteiger partial charge in [0.05, 0.1) is 7.11 Å². The van der Waals surface area contributed by atoms with Crippen molar-refractivity contribution in [1.82, 2.24) is 10.3 Å². The minimum Gasteiger partial charge on any atom is -0.481 e. The monoisotopic (exact) mass is 286 g/mol. The van der Waals surface area contributed by atoms with Gasteiger partial charge >= 0.3 is 0 Å². The largest absolute Gasteiger partial charge is 0.481 e. The number of pyridine rings is 1. The molecule has 21 heavy (non-hydrogen) atoms. The van der Waals surface area contributed by atoms with Crippen molar-refractivity contribution in [2.75, 3.05) is 7.11 Å². The van der Waals surface area contributed by atoms with E-state index in [1.54, 1.807) is 26.3 Å². The van der Waals surface area contributed by atoms with Crippen molar-refractivity contribution < 1.29 is 14.3 Å². The summed E-state index contributed by atoms with van der Waals surface area (Å²) in [5.74, 6) is 1.02. The lowest BCUT2D eigenvalue weighted by Crippen LogP contribution is -2.35. The first kappa shape index (κ1) is 14.8. The molecule has 1 atom stereocenters. The summed E-state index contributed by atoms with van der Waals surface area (Å²) in [7, 11) is 1.56. The van der Waals surface area contributed by atoms with Crippen LogP contribution in [0.3, 0.4) is 0 Å². The standard InChI is InChI=1S/C16H18N2O3/c1-12(21-14-6-4-3-5-7-14)16(19)18-11-13-8-9-17-15(10-13)20-2/h3-10,12H,11H2,1-2H3,(H,18,19)/t12-/m0/s1. The highest BCUT2D eigenvalue weighted by molar-refractivity contribution is 5.80. The number of carbonyl (C=O) groups excluding carboxylic acids is 1. The number of methoxy groups -OCH3 is 1. The number of nitrogens with zero attached hydrogens (tertiary/aromatic N) is 1. The van der Waals surface area contributed by atoms with E-state index >= 15 is 0 Å². The summed E-state index contributed by atoms with van der Waals surface area (Å²) < 4.78 is 10.6. The second kappa shape index (κ2) is 7.28. The fourth-order valence-electron chi connectivity index (χ4n) is 1.76. The van der Waals surface area contributed by atoms with Crippen LogP contribution in [0.25, 0.3) is 0 Å². The third-order valence-electron chi connectivity index (χ3n) is 2.90. The quantitative estimate of drug-likeness (QED) is 0.884. The number of hydrogen-bond donors (Lipinski definition) is 1. The van der Waals surface area contributed by atoms with E-state index in [9.17, 15) is 4.79 Å². The number of nitrogens with one attached hydrogen (secondary N) is 1. The van der Waals surface area contributed by atoms with E-state index in [0.29, 0.717) is 18.2 Å². The van der Waals surface area contributed by atoms with Crippen LogP contribution in [0.15, 0.2) is 48.7 Å². The lowest BCUT2D eigenvalue weighted by Gasteiger charge is -2.14. The zero-order valence-corrected chi connectivity index (χ0v) is 12.1. The molecule has 0 radical (unpaired) electrons. The van der Waals surface area contributed by atoms with Crippen molar-refractivity contribution in [2.24, 2.45) is 0 Å². The predicted molar refractivity (Wildman–Crippen MR) is 79.2 cm³/mol. The molecule has 0 unspecified atom stereocenters. The Labute approximate surface area is 123 Å². The maximum Gasteiger partial charge on any atom is 0.261 e. The van der Waals surface area contributed by atoms with E-state index in [2.05, 4.69) is 10.3 Å². The number of carbonyl (C=O) groups is 1. The molecule has 1 amide bonds. The van der Waals surface area contributed by atoms with Crippen molar-refractivity contribution in [2.45, 2.75) is 19.6 Å². The number of ether oxygens (including phenoxy) is 2. The van der Waals surface area contributed by atoms with Crippen LogP contribution in [0.4, 0.5) is 0 Å². The van der Waals surface area contributed by atoms with Crippen LogP contribution >= 0.6 is 0 Å². The first-order valence-electron chi connectivity index (χ1n) is 6.67. The van der Waals surface area contributed by atoms with Crippen molar-refractivity contribution in [3.8, 4) is 11.6 Å². The Morgan fingerprint density at radius 1 is 1.29 bits per heavy atom. The first-order valence-corrected chi connectivity index (χ1v) is 6.67. The van der Waals surface area contributed by atoms with Crippen LogP contribution in [0.1, 0.15) is 12.5 Å². The van der Waals surface area contributed by atoms with Gasteiger partial charge in [0, 0.05) is 18.8 Å². The molecule has 110 valence electrons. The third kappa shape index (κ3) is 4.49. The topological polar surface area (TPSA) is 60.5 Å². The number of hydrogen-bond acceptors (Lipinski definition) is 4. The maximum atomic E-state index is 12.0. The summed E-state index contributed by atoms with van der Waals surface area (Å²) in [5.41, 5.74) is 0.919. The highest BCUT2D eigenvalue weighted by Gasteiger charge is 2.14. The zero-order chi connectivity index (χ0) is 15.1. The third-order valence-corrected chi connectivity index (χ3v) is 2.90. The molecule has 2 aromatic rings. The minimum absolute atomic E-state index is 0.172. The number of rotatable bonds is 6. The average Bonchev–Trinajstić information content (AvgIpc) is 2.53. The Hall–Kier alpha value is -2.56. The number of para-hydroxylation sites is 1. The van der Waals surface area contributed by atoms with Crippen LogP contribution in [0, 0.1) is 0 Å². The van der Waals surface area contributed by atoms with Gasteiger partial charge in [-0.05, 0) is 30.7 Å². The molecule has 2 rings (SSSR count). The van der Waals surface area contributed by atoms with E-state index in [1.807, 2.05) is 36.4 Å². The van der Waals surface area contributed by atoms with Crippen LogP contribution in [0.2, 0.25) is 0 Å². The SMILES string of the molecule is COc1cc(CNC(=O)[C@H](C)Oc2ccccc2)ccn1. The smallest absolute Gasteiger partial charge is 0.261 e. The van der Waals surface area contributed by atoms with Crippen LogP contribution in [-0.4, -0.2) is 24.1 Å². The van der Waals surface area contributed by atoms with Crippen LogP contribution in [-0.2, 0) is 11.3 Å². The lowest BCUT2D eigenvalue weighted by molar-refractivity contribution is -0.127. The molecular weight excluding hydrogens is 268 g/mol. The van der Waals surface area contributed by atoms with E-state index in [0.717, 1.165) is 5.56 Å². The summed E-state index contributed by atoms with van der Waals surface area (Å²) in [6.07, 6.45) is 1.08. The first-order chi connectivity index (χ1) is 10.2. The molecule has 1 aromatic heterocycles. The van der Waals surface area contributed by atoms with Crippen molar-refractivity contribution >= 4 is 5.91 Å². The summed E-state index contributed by atoms with van der Waals surface area (Å²) in [5, 5.41) is 2.82. The molecule has 0 aliphatic heterocycles. The van der Waals surface area contributed by atoms with E-state index in [4.69, 9.17) is 9.47 Å². The van der Waals surface area contributed by atoms with Crippen molar-refractivity contribution in [3.63, 3.8) is 0 Å². The Balaban J connectivity index is 1.86. The van der Waals surface area contributed by atoms with Gasteiger partial charge in [0.15, 0.2) is 6.10 Å². The molecule has 1 heterocycles. The van der Waals surface area contributed by atoms with E-state index in [1.165, 1.54) is 0 Å². The Morgan fingerprint density at radius 3 is 2.76 bits per heavy atom. The second-order valence-electron chi connectivity index (χ2n) is 4.50. The molecule has 1 N–H and O–H groups in total. The molecule has 0 fully saturated rings. The summed E-state index contributed by atoms with van der Waals surface area (Å²) in [6, 6.07) is 12.9. The van der Waals surface area contributed by atoms with Crippen molar-refractivity contribution in [1.29, 1.82) is 0 Å². The van der Waals surface area contributed by atoms with Gasteiger partial charge in [-0.25, -0.2) is 4.98 Å². The molecule has 5 heteroatoms. The van der Waals surface area contributed by atoms with Gasteiger partial charge in [0.2, 0.25) is 5.88 Å². The van der Waals surface area contributed by atoms with Gasteiger partial charge in [-0.1, -0.05) is 18.2 Å². The average molecular weight is 286 g/mol. The van der Waals surface area contributed by atoms with E-state index in [-0.39, 0.29) is 5.91 Å². The Morgan fingerprint density at radius 2 is 2.05 bits per heavy atom. The fraction of sp³-hybridized carbons (Fsp3) is 0.250. The number of amides is 1. The Kier molecular flexibility index (Phi) is 5.15. The number of aromatic nitrogens is 1. The fourth-order valence-corrected chi connectivity index (χ4v) is 1.76. The van der Waals surface area contributed by atoms with Gasteiger partial charge in [-0.15, -0.1) is 0 Å². The van der Waals surface area contributed by atoms with Crippen LogP contribution in [0.5, 0.6) is 11.6 Å². The van der Waals surface area contributed by atoms with Gasteiger partial charge in [0.1, 0.15) is 5.75 Å². The summed E-state index contributed by atoms with van der Waals surface area (Å²) >= 11 is 0. The van der Waals surface area contributed by atoms with Gasteiger partial charge in [-0.3, -0.25) is 4.79 Å². The molecule has 0 saturated heterocycles. The minimum atomic E-state index is -0.559. The normalized spacial score (nSPS) is 11.5. The van der Waals surface area contributed by atoms with Crippen LogP contribution < -0.4 is 14.8 Å². The lowest BCUT2D eigenvalue weighted by atomic mass is 10.2. The maximum absolute atomic E-state index is 12.0. The molecule has 0 bridgehead atoms. The highest BCUT2D eigenvalue weighted by atomic mass is 16.5. The Bertz CT molecular complexity index is 587. The molecular formula is C16H18N2O3. The summed E-state index contributed by atoms with van der Waals surface area (Å²) in [6.45, 7) is 2.12. The highest BCUT2D eigenvalue weighted by Crippen LogP contribution is 2.11. The second-order valence-corrected chi connectivity index (χ2v) is 4.50. The van der Waals surface area contributed by atoms with Gasteiger partial charge in [-0.2, -0.15) is 0 Å². The predicted octanol–water partition coefficient (Wildman–Crippen LogP) is 2.17. The molecule has 0 saturated carbocycles. The molecule has 1 aromatic carbocycles. The van der Waals surface area contributed by atoms with E-state index < -0.39 is 6.10 Å². The van der Waals surface area contributed by atoms with Gasteiger partial charge < -0.3 is 14.8 Å². The molecule has 5 nitrogen and oxygen atoms in total. The van der Waals surface area contributed by atoms with Crippen molar-refractivity contribution in [3.05, 3.63) is 54.2 Å². The molecule has 0 aliphatic rings. The van der Waals surface area contributed by atoms with Gasteiger partial charge in [0.25, 0.3) is 5.91 Å². The summed E-state index contributed by atoms with van der Waals surface area (Å²) in [4.78, 5) is 16.0. The number of benzene rings is 1. The molecule has 0 spiro atoms. The molecule has 0 aliphatic carbocycles.